The minimum absolute atomic E-state index is 0.686. The molecule has 7 heteroatoms. The van der Waals surface area contributed by atoms with E-state index in [1.54, 1.807) is 14.2 Å². The zero-order valence-corrected chi connectivity index (χ0v) is 27.9. The second kappa shape index (κ2) is 28.2. The molecule has 0 atom stereocenters. The molecule has 0 unspecified atom stereocenters. The van der Waals surface area contributed by atoms with Crippen LogP contribution in [0.3, 0.4) is 0 Å². The van der Waals surface area contributed by atoms with Crippen molar-refractivity contribution in [2.24, 2.45) is 0 Å². The van der Waals surface area contributed by atoms with Crippen molar-refractivity contribution in [1.29, 1.82) is 0 Å². The lowest BCUT2D eigenvalue weighted by molar-refractivity contribution is 0.0706. The second-order valence-corrected chi connectivity index (χ2v) is 16.5. The van der Waals surface area contributed by atoms with Crippen LogP contribution < -0.4 is 0 Å². The molecule has 0 saturated carbocycles. The first-order valence-corrected chi connectivity index (χ1v) is 19.9. The topological polar surface area (TPSA) is 46.2 Å². The van der Waals surface area contributed by atoms with E-state index >= 15 is 0 Å². The van der Waals surface area contributed by atoms with Gasteiger partial charge >= 0.3 is 17.4 Å². The zero-order valence-electron chi connectivity index (χ0n) is 25.9. The fraction of sp³-hybridized carbons (Fsp3) is 1.00. The summed E-state index contributed by atoms with van der Waals surface area (Å²) in [4.78, 5) is 0. The highest BCUT2D eigenvalue weighted by atomic mass is 28.4. The maximum absolute atomic E-state index is 5.93. The van der Waals surface area contributed by atoms with Crippen LogP contribution in [0.4, 0.5) is 0 Å². The monoisotopic (exact) mass is 550 g/mol. The number of rotatable bonds is 26. The Balaban J connectivity index is 0. The third-order valence-corrected chi connectivity index (χ3v) is 13.1. The maximum Gasteiger partial charge on any atom is 0.500 e. The first kappa shape index (κ1) is 38.4. The lowest BCUT2D eigenvalue weighted by Crippen LogP contribution is -2.45. The lowest BCUT2D eigenvalue weighted by Gasteiger charge is -2.28. The van der Waals surface area contributed by atoms with Crippen molar-refractivity contribution in [3.05, 3.63) is 0 Å². The van der Waals surface area contributed by atoms with E-state index in [1.807, 2.05) is 27.3 Å². The van der Waals surface area contributed by atoms with Gasteiger partial charge in [0.15, 0.2) is 0 Å². The third-order valence-electron chi connectivity index (χ3n) is 6.94. The number of unbranched alkanes of at least 4 members (excludes halogenated alkanes) is 15. The van der Waals surface area contributed by atoms with E-state index < -0.39 is 17.4 Å². The second-order valence-electron chi connectivity index (χ2n) is 9.93. The van der Waals surface area contributed by atoms with Gasteiger partial charge in [-0.1, -0.05) is 110 Å². The normalized spacial score (nSPS) is 12.0. The molecule has 0 aromatic rings. The molecule has 0 spiro atoms. The zero-order chi connectivity index (χ0) is 27.4. The van der Waals surface area contributed by atoms with Gasteiger partial charge in [0.05, 0.1) is 0 Å². The summed E-state index contributed by atoms with van der Waals surface area (Å²) >= 11 is 0. The summed E-state index contributed by atoms with van der Waals surface area (Å²) in [6, 6.07) is 1.99. The Morgan fingerprint density at radius 3 is 0.972 bits per heavy atom. The van der Waals surface area contributed by atoms with Crippen molar-refractivity contribution in [1.82, 2.24) is 0 Å². The Bertz CT molecular complexity index is 397. The molecule has 36 heavy (non-hydrogen) atoms. The molecule has 0 saturated heterocycles. The Hall–Kier alpha value is 0.234. The summed E-state index contributed by atoms with van der Waals surface area (Å²) in [6.07, 6.45) is 22.4. The Morgan fingerprint density at radius 1 is 0.444 bits per heavy atom. The average molecular weight is 551 g/mol. The van der Waals surface area contributed by atoms with E-state index in [0.29, 0.717) is 19.8 Å². The molecule has 0 N–H and O–H groups in total. The van der Waals surface area contributed by atoms with Crippen molar-refractivity contribution in [3.63, 3.8) is 0 Å². The number of hydrogen-bond donors (Lipinski definition) is 0. The highest BCUT2D eigenvalue weighted by Gasteiger charge is 2.39. The Kier molecular flexibility index (Phi) is 30.1. The smallest absolute Gasteiger partial charge is 0.398 e. The molecule has 0 fully saturated rings. The summed E-state index contributed by atoms with van der Waals surface area (Å²) in [5, 5.41) is 0. The highest BCUT2D eigenvalue weighted by Crippen LogP contribution is 2.21. The van der Waals surface area contributed by atoms with Crippen LogP contribution in [0.1, 0.15) is 137 Å². The predicted octanol–water partition coefficient (Wildman–Crippen LogP) is 9.67. The molecule has 0 amide bonds. The maximum atomic E-state index is 5.93. The quantitative estimate of drug-likeness (QED) is 0.0792. The summed E-state index contributed by atoms with van der Waals surface area (Å²) < 4.78 is 28.1. The summed E-state index contributed by atoms with van der Waals surface area (Å²) in [7, 11) is -0.659. The Labute approximate surface area is 229 Å². The van der Waals surface area contributed by atoms with Crippen molar-refractivity contribution < 1.29 is 22.1 Å². The SMILES string of the molecule is CCCCCCCCCCCCCCCCCC[Si](OCC)(OCC)OCC.CC[Si](C)(OC)OC. The molecule has 0 aliphatic heterocycles. The van der Waals surface area contributed by atoms with Crippen LogP contribution in [0.15, 0.2) is 0 Å². The van der Waals surface area contributed by atoms with E-state index in [-0.39, 0.29) is 0 Å². The standard InChI is InChI=1S/C24H52O3Si.C5H14O2Si/c1-5-9-10-11-12-13-14-15-16-17-18-19-20-21-22-23-24-28(25-6-2,26-7-3)27-8-4;1-5-8(4,6-2)7-3/h5-24H2,1-4H3;5H2,1-4H3. The lowest BCUT2D eigenvalue weighted by atomic mass is 10.0. The van der Waals surface area contributed by atoms with Crippen molar-refractivity contribution in [3.8, 4) is 0 Å². The van der Waals surface area contributed by atoms with Gasteiger partial charge in [-0.25, -0.2) is 0 Å². The molecular formula is C29H66O5Si2. The van der Waals surface area contributed by atoms with Gasteiger partial charge in [-0.3, -0.25) is 0 Å². The molecule has 220 valence electrons. The predicted molar refractivity (Wildman–Crippen MR) is 161 cm³/mol. The molecule has 0 aliphatic rings. The highest BCUT2D eigenvalue weighted by molar-refractivity contribution is 6.65. The van der Waals surface area contributed by atoms with Crippen LogP contribution in [0.25, 0.3) is 0 Å². The first-order valence-electron chi connectivity index (χ1n) is 15.4. The first-order chi connectivity index (χ1) is 17.4. The molecular weight excluding hydrogens is 484 g/mol. The van der Waals surface area contributed by atoms with Crippen molar-refractivity contribution >= 4 is 17.4 Å². The van der Waals surface area contributed by atoms with Gasteiger partial charge in [0, 0.05) is 40.1 Å². The molecule has 0 rings (SSSR count). The Morgan fingerprint density at radius 2 is 0.750 bits per heavy atom. The minimum Gasteiger partial charge on any atom is -0.398 e. The van der Waals surface area contributed by atoms with E-state index in [1.165, 1.54) is 103 Å². The molecule has 0 radical (unpaired) electrons. The van der Waals surface area contributed by atoms with Gasteiger partial charge in [0.25, 0.3) is 0 Å². The third kappa shape index (κ3) is 23.4. The van der Waals surface area contributed by atoms with E-state index in [9.17, 15) is 0 Å². The average Bonchev–Trinajstić information content (AvgIpc) is 2.89. The minimum atomic E-state index is -2.40. The molecule has 0 bridgehead atoms. The van der Waals surface area contributed by atoms with E-state index in [4.69, 9.17) is 22.1 Å². The van der Waals surface area contributed by atoms with E-state index in [2.05, 4.69) is 13.8 Å². The van der Waals surface area contributed by atoms with Crippen LogP contribution in [0, 0.1) is 0 Å². The van der Waals surface area contributed by atoms with Crippen LogP contribution in [0.2, 0.25) is 18.6 Å². The number of hydrogen-bond acceptors (Lipinski definition) is 5. The van der Waals surface area contributed by atoms with Gasteiger partial charge < -0.3 is 22.1 Å². The van der Waals surface area contributed by atoms with Gasteiger partial charge in [0.1, 0.15) is 0 Å². The molecule has 5 nitrogen and oxygen atoms in total. The molecule has 0 aromatic carbocycles. The summed E-state index contributed by atoms with van der Waals surface area (Å²) in [5.41, 5.74) is 0. The van der Waals surface area contributed by atoms with Crippen LogP contribution in [-0.2, 0) is 22.1 Å². The van der Waals surface area contributed by atoms with E-state index in [0.717, 1.165) is 12.1 Å². The molecule has 0 aliphatic carbocycles. The van der Waals surface area contributed by atoms with Crippen LogP contribution in [0.5, 0.6) is 0 Å². The van der Waals surface area contributed by atoms with Crippen LogP contribution >= 0.6 is 0 Å². The van der Waals surface area contributed by atoms with Gasteiger partial charge in [0.2, 0.25) is 0 Å². The van der Waals surface area contributed by atoms with Crippen molar-refractivity contribution in [2.75, 3.05) is 34.0 Å². The van der Waals surface area contributed by atoms with Crippen molar-refractivity contribution in [2.45, 2.75) is 156 Å². The van der Waals surface area contributed by atoms with Crippen LogP contribution in [-0.4, -0.2) is 51.4 Å². The fourth-order valence-electron chi connectivity index (χ4n) is 4.26. The molecule has 0 aromatic heterocycles. The fourth-order valence-corrected chi connectivity index (χ4v) is 7.69. The summed E-state index contributed by atoms with van der Waals surface area (Å²) in [6.45, 7) is 14.6. The largest absolute Gasteiger partial charge is 0.500 e. The van der Waals surface area contributed by atoms with Gasteiger partial charge in [-0.2, -0.15) is 0 Å². The van der Waals surface area contributed by atoms with Gasteiger partial charge in [-0.05, 0) is 39.8 Å². The summed E-state index contributed by atoms with van der Waals surface area (Å²) in [5.74, 6) is 0. The van der Waals surface area contributed by atoms with Gasteiger partial charge in [-0.15, -0.1) is 0 Å². The molecule has 0 heterocycles.